The molecule has 2 aromatic carbocycles. The normalized spacial score (nSPS) is 10.6. The van der Waals surface area contributed by atoms with Crippen LogP contribution < -0.4 is 15.4 Å². The van der Waals surface area contributed by atoms with Crippen LogP contribution in [0, 0.1) is 6.92 Å². The van der Waals surface area contributed by atoms with Crippen molar-refractivity contribution in [1.29, 1.82) is 0 Å². The van der Waals surface area contributed by atoms with Gasteiger partial charge < -0.3 is 19.8 Å². The highest BCUT2D eigenvalue weighted by atomic mass is 35.5. The number of amides is 2. The second-order valence-corrected chi connectivity index (χ2v) is 6.29. The van der Waals surface area contributed by atoms with Crippen molar-refractivity contribution < 1.29 is 18.7 Å². The summed E-state index contributed by atoms with van der Waals surface area (Å²) in [6.07, 6.45) is 0. The molecule has 6 nitrogen and oxygen atoms in total. The predicted octanol–water partition coefficient (Wildman–Crippen LogP) is 3.56. The van der Waals surface area contributed by atoms with Crippen molar-refractivity contribution in [1.82, 2.24) is 10.6 Å². The van der Waals surface area contributed by atoms with Gasteiger partial charge in [0.1, 0.15) is 17.1 Å². The van der Waals surface area contributed by atoms with Gasteiger partial charge in [0.2, 0.25) is 0 Å². The third kappa shape index (κ3) is 4.06. The molecule has 0 bridgehead atoms. The molecule has 3 aromatic rings. The van der Waals surface area contributed by atoms with Crippen molar-refractivity contribution in [3.63, 3.8) is 0 Å². The Morgan fingerprint density at radius 1 is 1.07 bits per heavy atom. The molecule has 0 aliphatic rings. The van der Waals surface area contributed by atoms with Gasteiger partial charge in [0.15, 0.2) is 0 Å². The summed E-state index contributed by atoms with van der Waals surface area (Å²) in [7, 11) is 1.57. The molecular weight excluding hydrogens is 368 g/mol. The molecule has 27 heavy (non-hydrogen) atoms. The molecule has 7 heteroatoms. The Morgan fingerprint density at radius 3 is 2.48 bits per heavy atom. The van der Waals surface area contributed by atoms with E-state index < -0.39 is 0 Å². The number of nitrogens with one attached hydrogen (secondary N) is 2. The molecule has 0 atom stereocenters. The molecule has 2 amide bonds. The molecular formula is C20H19ClN2O4. The summed E-state index contributed by atoms with van der Waals surface area (Å²) in [5.74, 6) is 0.608. The highest BCUT2D eigenvalue weighted by Crippen LogP contribution is 2.28. The van der Waals surface area contributed by atoms with Crippen molar-refractivity contribution >= 4 is 34.4 Å². The average molecular weight is 387 g/mol. The van der Waals surface area contributed by atoms with Crippen LogP contribution in [0.25, 0.3) is 11.0 Å². The van der Waals surface area contributed by atoms with Crippen LogP contribution in [-0.4, -0.2) is 32.0 Å². The van der Waals surface area contributed by atoms with E-state index in [0.717, 1.165) is 0 Å². The molecule has 0 saturated heterocycles. The third-order valence-corrected chi connectivity index (χ3v) is 4.44. The number of halogens is 1. The smallest absolute Gasteiger partial charge is 0.255 e. The number of benzene rings is 2. The first kappa shape index (κ1) is 18.8. The van der Waals surface area contributed by atoms with Crippen LogP contribution >= 0.6 is 11.6 Å². The van der Waals surface area contributed by atoms with Gasteiger partial charge in [-0.15, -0.1) is 0 Å². The van der Waals surface area contributed by atoms with Gasteiger partial charge in [0.25, 0.3) is 11.8 Å². The minimum Gasteiger partial charge on any atom is -0.497 e. The summed E-state index contributed by atoms with van der Waals surface area (Å²) in [6, 6.07) is 12.1. The quantitative estimate of drug-likeness (QED) is 0.635. The van der Waals surface area contributed by atoms with Gasteiger partial charge in [-0.25, -0.2) is 0 Å². The lowest BCUT2D eigenvalue weighted by Gasteiger charge is -2.08. The molecule has 0 unspecified atom stereocenters. The van der Waals surface area contributed by atoms with Crippen LogP contribution in [0.3, 0.4) is 0 Å². The zero-order valence-corrected chi connectivity index (χ0v) is 15.7. The maximum absolute atomic E-state index is 12.6. The molecule has 0 radical (unpaired) electrons. The summed E-state index contributed by atoms with van der Waals surface area (Å²) in [6.45, 7) is 2.28. The largest absolute Gasteiger partial charge is 0.497 e. The summed E-state index contributed by atoms with van der Waals surface area (Å²) < 4.78 is 10.8. The summed E-state index contributed by atoms with van der Waals surface area (Å²) in [5.41, 5.74) is 1.47. The monoisotopic (exact) mass is 386 g/mol. The average Bonchev–Trinajstić information content (AvgIpc) is 3.00. The van der Waals surface area contributed by atoms with E-state index in [0.29, 0.717) is 38.6 Å². The summed E-state index contributed by atoms with van der Waals surface area (Å²) >= 11 is 6.00. The fourth-order valence-corrected chi connectivity index (χ4v) is 3.01. The van der Waals surface area contributed by atoms with Gasteiger partial charge in [-0.2, -0.15) is 0 Å². The minimum absolute atomic E-state index is 0.269. The van der Waals surface area contributed by atoms with Crippen LogP contribution in [0.1, 0.15) is 26.5 Å². The SMILES string of the molecule is COc1ccc2oc(C)c(C(=O)NCCNC(=O)c3ccccc3Cl)c2c1. The third-order valence-electron chi connectivity index (χ3n) is 4.11. The second kappa shape index (κ2) is 8.14. The molecule has 0 saturated carbocycles. The first-order chi connectivity index (χ1) is 13.0. The minimum atomic E-state index is -0.287. The first-order valence-electron chi connectivity index (χ1n) is 8.39. The Labute approximate surface area is 161 Å². The molecule has 0 aliphatic heterocycles. The van der Waals surface area contributed by atoms with Crippen molar-refractivity contribution in [2.24, 2.45) is 0 Å². The number of ether oxygens (including phenoxy) is 1. The van der Waals surface area contributed by atoms with E-state index >= 15 is 0 Å². The van der Waals surface area contributed by atoms with Gasteiger partial charge in [0.05, 0.1) is 23.3 Å². The number of carbonyl (C=O) groups excluding carboxylic acids is 2. The number of carbonyl (C=O) groups is 2. The number of hydrogen-bond acceptors (Lipinski definition) is 4. The molecule has 1 heterocycles. The van der Waals surface area contributed by atoms with E-state index in [1.807, 2.05) is 0 Å². The number of methoxy groups -OCH3 is 1. The van der Waals surface area contributed by atoms with E-state index in [1.165, 1.54) is 0 Å². The lowest BCUT2D eigenvalue weighted by molar-refractivity contribution is 0.0927. The van der Waals surface area contributed by atoms with Crippen LogP contribution in [0.5, 0.6) is 5.75 Å². The lowest BCUT2D eigenvalue weighted by atomic mass is 10.1. The first-order valence-corrected chi connectivity index (χ1v) is 8.77. The fraction of sp³-hybridized carbons (Fsp3) is 0.200. The maximum atomic E-state index is 12.6. The highest BCUT2D eigenvalue weighted by Gasteiger charge is 2.18. The Morgan fingerprint density at radius 2 is 1.78 bits per heavy atom. The second-order valence-electron chi connectivity index (χ2n) is 5.89. The van der Waals surface area contributed by atoms with Crippen molar-refractivity contribution in [2.75, 3.05) is 20.2 Å². The number of hydrogen-bond donors (Lipinski definition) is 2. The van der Waals surface area contributed by atoms with Gasteiger partial charge >= 0.3 is 0 Å². The van der Waals surface area contributed by atoms with Gasteiger partial charge in [-0.3, -0.25) is 9.59 Å². The van der Waals surface area contributed by atoms with Crippen molar-refractivity contribution in [2.45, 2.75) is 6.92 Å². The fourth-order valence-electron chi connectivity index (χ4n) is 2.79. The summed E-state index contributed by atoms with van der Waals surface area (Å²) in [5, 5.41) is 6.59. The van der Waals surface area contributed by atoms with E-state index in [4.69, 9.17) is 20.8 Å². The molecule has 0 spiro atoms. The van der Waals surface area contributed by atoms with Gasteiger partial charge in [-0.05, 0) is 37.3 Å². The van der Waals surface area contributed by atoms with Crippen LogP contribution in [0.15, 0.2) is 46.9 Å². The Hall–Kier alpha value is -2.99. The molecule has 1 aromatic heterocycles. The molecule has 2 N–H and O–H groups in total. The highest BCUT2D eigenvalue weighted by molar-refractivity contribution is 6.33. The molecule has 0 fully saturated rings. The van der Waals surface area contributed by atoms with Crippen LogP contribution in [-0.2, 0) is 0 Å². The Balaban J connectivity index is 1.61. The zero-order chi connectivity index (χ0) is 19.4. The van der Waals surface area contributed by atoms with E-state index in [9.17, 15) is 9.59 Å². The Kier molecular flexibility index (Phi) is 5.66. The van der Waals surface area contributed by atoms with Crippen molar-refractivity contribution in [3.05, 3.63) is 64.4 Å². The standard InChI is InChI=1S/C20H19ClN2O4/c1-12-18(15-11-13(26-2)7-8-17(15)27-12)20(25)23-10-9-22-19(24)14-5-3-4-6-16(14)21/h3-8,11H,9-10H2,1-2H3,(H,22,24)(H,23,25). The number of aryl methyl sites for hydroxylation is 1. The van der Waals surface area contributed by atoms with E-state index in [2.05, 4.69) is 10.6 Å². The van der Waals surface area contributed by atoms with Crippen LogP contribution in [0.2, 0.25) is 5.02 Å². The van der Waals surface area contributed by atoms with Crippen molar-refractivity contribution in [3.8, 4) is 5.75 Å². The number of fused-ring (bicyclic) bond motifs is 1. The van der Waals surface area contributed by atoms with E-state index in [1.54, 1.807) is 56.5 Å². The molecule has 140 valence electrons. The lowest BCUT2D eigenvalue weighted by Crippen LogP contribution is -2.34. The van der Waals surface area contributed by atoms with E-state index in [-0.39, 0.29) is 24.9 Å². The topological polar surface area (TPSA) is 80.6 Å². The Bertz CT molecular complexity index is 997. The summed E-state index contributed by atoms with van der Waals surface area (Å²) in [4.78, 5) is 24.7. The zero-order valence-electron chi connectivity index (χ0n) is 15.0. The number of furan rings is 1. The van der Waals surface area contributed by atoms with Gasteiger partial charge in [-0.1, -0.05) is 23.7 Å². The molecule has 3 rings (SSSR count). The predicted molar refractivity (Wildman–Crippen MR) is 104 cm³/mol. The maximum Gasteiger partial charge on any atom is 0.255 e. The van der Waals surface area contributed by atoms with Gasteiger partial charge in [0, 0.05) is 18.5 Å². The molecule has 0 aliphatic carbocycles. The van der Waals surface area contributed by atoms with Crippen LogP contribution in [0.4, 0.5) is 0 Å². The number of rotatable bonds is 6.